The summed E-state index contributed by atoms with van der Waals surface area (Å²) in [5, 5.41) is 0.382. The van der Waals surface area contributed by atoms with E-state index in [1.807, 2.05) is 0 Å². The molecule has 0 unspecified atom stereocenters. The number of ether oxygens (including phenoxy) is 1. The molecule has 1 saturated carbocycles. The minimum Gasteiger partial charge on any atom is -0.462 e. The number of halogens is 1. The molecule has 1 aromatic rings. The van der Waals surface area contributed by atoms with E-state index < -0.39 is 0 Å². The van der Waals surface area contributed by atoms with Crippen molar-refractivity contribution in [2.75, 3.05) is 6.61 Å². The van der Waals surface area contributed by atoms with Crippen molar-refractivity contribution in [1.29, 1.82) is 0 Å². The van der Waals surface area contributed by atoms with Crippen LogP contribution in [0.25, 0.3) is 0 Å². The van der Waals surface area contributed by atoms with Gasteiger partial charge >= 0.3 is 5.97 Å². The molecule has 0 atom stereocenters. The lowest BCUT2D eigenvalue weighted by atomic mass is 10.1. The zero-order valence-electron chi connectivity index (χ0n) is 8.99. The molecule has 1 aliphatic carbocycles. The van der Waals surface area contributed by atoms with Gasteiger partial charge < -0.3 is 4.74 Å². The number of nitrogens with zero attached hydrogens (tertiary/aromatic N) is 1. The van der Waals surface area contributed by atoms with Gasteiger partial charge in [0.25, 0.3) is 0 Å². The second kappa shape index (κ2) is 5.30. The molecule has 0 N–H and O–H groups in total. The summed E-state index contributed by atoms with van der Waals surface area (Å²) in [6.45, 7) is 0.529. The van der Waals surface area contributed by atoms with Crippen molar-refractivity contribution >= 4 is 17.6 Å². The lowest BCUT2D eigenvalue weighted by molar-refractivity contribution is 0.0442. The van der Waals surface area contributed by atoms with Crippen LogP contribution in [0, 0.1) is 5.92 Å². The van der Waals surface area contributed by atoms with E-state index in [1.165, 1.54) is 31.9 Å². The number of carbonyl (C=O) groups is 1. The Bertz CT molecular complexity index is 358. The van der Waals surface area contributed by atoms with Crippen LogP contribution in [0.3, 0.4) is 0 Å². The van der Waals surface area contributed by atoms with E-state index in [1.54, 1.807) is 12.1 Å². The van der Waals surface area contributed by atoms with E-state index >= 15 is 0 Å². The standard InChI is InChI=1S/C12H14ClNO2/c13-11-6-5-10(7-14-11)12(15)16-8-9-3-1-2-4-9/h5-7,9H,1-4,8H2. The maximum atomic E-state index is 11.6. The monoisotopic (exact) mass is 239 g/mol. The molecule has 0 aromatic carbocycles. The first kappa shape index (κ1) is 11.4. The highest BCUT2D eigenvalue weighted by molar-refractivity contribution is 6.29. The van der Waals surface area contributed by atoms with E-state index in [0.29, 0.717) is 23.2 Å². The van der Waals surface area contributed by atoms with Crippen molar-refractivity contribution in [2.24, 2.45) is 5.92 Å². The number of pyridine rings is 1. The number of esters is 1. The number of aromatic nitrogens is 1. The van der Waals surface area contributed by atoms with Gasteiger partial charge in [0.15, 0.2) is 0 Å². The predicted molar refractivity (Wildman–Crippen MR) is 61.5 cm³/mol. The summed E-state index contributed by atoms with van der Waals surface area (Å²) in [7, 11) is 0. The number of hydrogen-bond donors (Lipinski definition) is 0. The molecule has 2 rings (SSSR count). The van der Waals surface area contributed by atoms with Crippen LogP contribution in [0.1, 0.15) is 36.0 Å². The zero-order chi connectivity index (χ0) is 11.4. The van der Waals surface area contributed by atoms with Gasteiger partial charge in [0.1, 0.15) is 5.15 Å². The minimum absolute atomic E-state index is 0.309. The van der Waals surface area contributed by atoms with Crippen molar-refractivity contribution in [2.45, 2.75) is 25.7 Å². The molecule has 0 spiro atoms. The van der Waals surface area contributed by atoms with Crippen LogP contribution < -0.4 is 0 Å². The summed E-state index contributed by atoms with van der Waals surface area (Å²) < 4.78 is 5.23. The summed E-state index contributed by atoms with van der Waals surface area (Å²) in [5.41, 5.74) is 0.461. The first-order valence-corrected chi connectivity index (χ1v) is 5.92. The van der Waals surface area contributed by atoms with Gasteiger partial charge in [0.05, 0.1) is 12.2 Å². The second-order valence-electron chi connectivity index (χ2n) is 4.12. The fourth-order valence-electron chi connectivity index (χ4n) is 1.95. The van der Waals surface area contributed by atoms with Gasteiger partial charge in [-0.2, -0.15) is 0 Å². The molecule has 3 nitrogen and oxygen atoms in total. The van der Waals surface area contributed by atoms with Crippen LogP contribution in [-0.2, 0) is 4.74 Å². The SMILES string of the molecule is O=C(OCC1CCCC1)c1ccc(Cl)nc1. The van der Waals surface area contributed by atoms with Crippen molar-refractivity contribution in [3.05, 3.63) is 29.0 Å². The average molecular weight is 240 g/mol. The van der Waals surface area contributed by atoms with Gasteiger partial charge in [0.2, 0.25) is 0 Å². The Morgan fingerprint density at radius 1 is 1.44 bits per heavy atom. The molecule has 1 aromatic heterocycles. The molecule has 1 fully saturated rings. The highest BCUT2D eigenvalue weighted by Crippen LogP contribution is 2.24. The van der Waals surface area contributed by atoms with E-state index in [4.69, 9.17) is 16.3 Å². The summed E-state index contributed by atoms with van der Waals surface area (Å²) in [4.78, 5) is 15.5. The quantitative estimate of drug-likeness (QED) is 0.601. The molecule has 4 heteroatoms. The summed E-state index contributed by atoms with van der Waals surface area (Å²) in [5.74, 6) is 0.236. The number of hydrogen-bond acceptors (Lipinski definition) is 3. The Hall–Kier alpha value is -1.09. The van der Waals surface area contributed by atoms with Crippen molar-refractivity contribution in [1.82, 2.24) is 4.98 Å². The summed E-state index contributed by atoms with van der Waals surface area (Å²) >= 11 is 5.63. The van der Waals surface area contributed by atoms with Gasteiger partial charge in [-0.05, 0) is 30.9 Å². The fraction of sp³-hybridized carbons (Fsp3) is 0.500. The van der Waals surface area contributed by atoms with Crippen LogP contribution in [0.2, 0.25) is 5.15 Å². The van der Waals surface area contributed by atoms with E-state index in [2.05, 4.69) is 4.98 Å². The molecular weight excluding hydrogens is 226 g/mol. The van der Waals surface area contributed by atoms with E-state index in [9.17, 15) is 4.79 Å². The van der Waals surface area contributed by atoms with Crippen molar-refractivity contribution in [3.63, 3.8) is 0 Å². The Labute approximate surface area is 99.8 Å². The third-order valence-corrected chi connectivity index (χ3v) is 3.11. The molecule has 1 aliphatic rings. The van der Waals surface area contributed by atoms with E-state index in [-0.39, 0.29) is 5.97 Å². The van der Waals surface area contributed by atoms with Crippen LogP contribution in [0.5, 0.6) is 0 Å². The van der Waals surface area contributed by atoms with Crippen LogP contribution in [0.4, 0.5) is 0 Å². The third kappa shape index (κ3) is 2.95. The van der Waals surface area contributed by atoms with Gasteiger partial charge in [-0.3, -0.25) is 0 Å². The van der Waals surface area contributed by atoms with Gasteiger partial charge in [-0.1, -0.05) is 24.4 Å². The molecule has 0 bridgehead atoms. The topological polar surface area (TPSA) is 39.2 Å². The zero-order valence-corrected chi connectivity index (χ0v) is 9.74. The summed E-state index contributed by atoms with van der Waals surface area (Å²) in [6, 6.07) is 3.22. The molecule has 0 amide bonds. The average Bonchev–Trinajstić information content (AvgIpc) is 2.80. The van der Waals surface area contributed by atoms with Gasteiger partial charge in [0, 0.05) is 6.20 Å². The van der Waals surface area contributed by atoms with Crippen LogP contribution in [0.15, 0.2) is 18.3 Å². The van der Waals surface area contributed by atoms with Crippen LogP contribution >= 0.6 is 11.6 Å². The first-order valence-electron chi connectivity index (χ1n) is 5.54. The molecule has 0 saturated heterocycles. The van der Waals surface area contributed by atoms with Crippen LogP contribution in [-0.4, -0.2) is 17.6 Å². The normalized spacial score (nSPS) is 16.3. The summed E-state index contributed by atoms with van der Waals surface area (Å²) in [6.07, 6.45) is 6.30. The highest BCUT2D eigenvalue weighted by Gasteiger charge is 2.17. The van der Waals surface area contributed by atoms with Gasteiger partial charge in [-0.25, -0.2) is 9.78 Å². The molecule has 1 heterocycles. The third-order valence-electron chi connectivity index (χ3n) is 2.89. The Morgan fingerprint density at radius 2 is 2.19 bits per heavy atom. The second-order valence-corrected chi connectivity index (χ2v) is 4.51. The largest absolute Gasteiger partial charge is 0.462 e. The molecule has 16 heavy (non-hydrogen) atoms. The Balaban J connectivity index is 1.85. The smallest absolute Gasteiger partial charge is 0.339 e. The van der Waals surface area contributed by atoms with Gasteiger partial charge in [-0.15, -0.1) is 0 Å². The lowest BCUT2D eigenvalue weighted by Crippen LogP contribution is -2.12. The number of rotatable bonds is 3. The lowest BCUT2D eigenvalue weighted by Gasteiger charge is -2.09. The molecule has 0 aliphatic heterocycles. The highest BCUT2D eigenvalue weighted by atomic mass is 35.5. The Kier molecular flexibility index (Phi) is 3.78. The molecule has 0 radical (unpaired) electrons. The predicted octanol–water partition coefficient (Wildman–Crippen LogP) is 3.08. The Morgan fingerprint density at radius 3 is 2.81 bits per heavy atom. The first-order chi connectivity index (χ1) is 7.75. The maximum absolute atomic E-state index is 11.6. The fourth-order valence-corrected chi connectivity index (χ4v) is 2.06. The van der Waals surface area contributed by atoms with Crippen molar-refractivity contribution in [3.8, 4) is 0 Å². The minimum atomic E-state index is -0.309. The maximum Gasteiger partial charge on any atom is 0.339 e. The number of carbonyl (C=O) groups excluding carboxylic acids is 1. The molecule has 86 valence electrons. The van der Waals surface area contributed by atoms with Crippen molar-refractivity contribution < 1.29 is 9.53 Å². The van der Waals surface area contributed by atoms with E-state index in [0.717, 1.165) is 0 Å². The molecular formula is C12H14ClNO2.